The summed E-state index contributed by atoms with van der Waals surface area (Å²) < 4.78 is 10.9. The highest BCUT2D eigenvalue weighted by molar-refractivity contribution is 6.46. The second kappa shape index (κ2) is 8.98. The van der Waals surface area contributed by atoms with Crippen molar-refractivity contribution in [2.75, 3.05) is 23.9 Å². The summed E-state index contributed by atoms with van der Waals surface area (Å²) in [4.78, 5) is 28.2. The third kappa shape index (κ3) is 3.95. The van der Waals surface area contributed by atoms with Gasteiger partial charge in [-0.3, -0.25) is 9.59 Å². The molecular formula is C26H24N2O4. The number of rotatable bonds is 7. The third-order valence-corrected chi connectivity index (χ3v) is 5.20. The fourth-order valence-corrected chi connectivity index (χ4v) is 3.59. The standard InChI is InChI=1S/C26H24N2O4/c1-4-32-22-8-6-5-7-21(22)27-24-23(18-11-15-20(31-3)16-12-18)25(29)28(26(24)30)19-13-9-17(2)10-14-19/h5-16,27H,4H2,1-3H3. The van der Waals surface area contributed by atoms with E-state index in [-0.39, 0.29) is 11.6 Å². The van der Waals surface area contributed by atoms with E-state index in [1.165, 1.54) is 4.90 Å². The molecule has 4 rings (SSSR count). The molecule has 2 amide bonds. The highest BCUT2D eigenvalue weighted by Gasteiger charge is 2.40. The zero-order valence-electron chi connectivity index (χ0n) is 18.2. The Bertz CT molecular complexity index is 1180. The number of imide groups is 1. The molecule has 1 aliphatic heterocycles. The summed E-state index contributed by atoms with van der Waals surface area (Å²) in [6.07, 6.45) is 0. The van der Waals surface area contributed by atoms with E-state index in [0.29, 0.717) is 40.6 Å². The van der Waals surface area contributed by atoms with Crippen molar-refractivity contribution in [3.63, 3.8) is 0 Å². The van der Waals surface area contributed by atoms with Crippen LogP contribution in [0.2, 0.25) is 0 Å². The highest BCUT2D eigenvalue weighted by atomic mass is 16.5. The highest BCUT2D eigenvalue weighted by Crippen LogP contribution is 2.36. The Morgan fingerprint density at radius 1 is 0.875 bits per heavy atom. The molecule has 162 valence electrons. The number of carbonyl (C=O) groups is 2. The Labute approximate surface area is 187 Å². The summed E-state index contributed by atoms with van der Waals surface area (Å²) in [6, 6.07) is 21.7. The first-order chi connectivity index (χ1) is 15.5. The molecule has 0 atom stereocenters. The van der Waals surface area contributed by atoms with Crippen molar-refractivity contribution in [1.82, 2.24) is 0 Å². The summed E-state index contributed by atoms with van der Waals surface area (Å²) in [7, 11) is 1.58. The smallest absolute Gasteiger partial charge is 0.282 e. The summed E-state index contributed by atoms with van der Waals surface area (Å²) >= 11 is 0. The lowest BCUT2D eigenvalue weighted by Gasteiger charge is -2.16. The van der Waals surface area contributed by atoms with Crippen LogP contribution in [0.15, 0.2) is 78.5 Å². The Morgan fingerprint density at radius 2 is 1.56 bits per heavy atom. The maximum absolute atomic E-state index is 13.5. The molecule has 1 aliphatic rings. The van der Waals surface area contributed by atoms with Crippen LogP contribution in [0.3, 0.4) is 0 Å². The van der Waals surface area contributed by atoms with Gasteiger partial charge in [0, 0.05) is 0 Å². The maximum atomic E-state index is 13.5. The molecule has 0 fully saturated rings. The number of methoxy groups -OCH3 is 1. The predicted molar refractivity (Wildman–Crippen MR) is 125 cm³/mol. The molecule has 0 unspecified atom stereocenters. The van der Waals surface area contributed by atoms with Gasteiger partial charge in [0.1, 0.15) is 17.2 Å². The number of aryl methyl sites for hydroxylation is 1. The zero-order valence-corrected chi connectivity index (χ0v) is 18.2. The molecular weight excluding hydrogens is 404 g/mol. The molecule has 0 bridgehead atoms. The van der Waals surface area contributed by atoms with Crippen LogP contribution >= 0.6 is 0 Å². The monoisotopic (exact) mass is 428 g/mol. The van der Waals surface area contributed by atoms with Crippen molar-refractivity contribution in [2.24, 2.45) is 0 Å². The van der Waals surface area contributed by atoms with Crippen LogP contribution < -0.4 is 19.7 Å². The summed E-state index contributed by atoms with van der Waals surface area (Å²) in [6.45, 7) is 4.32. The average Bonchev–Trinajstić information content (AvgIpc) is 3.05. The molecule has 0 saturated heterocycles. The van der Waals surface area contributed by atoms with Crippen molar-refractivity contribution in [2.45, 2.75) is 13.8 Å². The van der Waals surface area contributed by atoms with E-state index >= 15 is 0 Å². The van der Waals surface area contributed by atoms with Gasteiger partial charge in [-0.25, -0.2) is 4.90 Å². The average molecular weight is 428 g/mol. The normalized spacial score (nSPS) is 13.5. The van der Waals surface area contributed by atoms with Gasteiger partial charge < -0.3 is 14.8 Å². The molecule has 0 spiro atoms. The first kappa shape index (κ1) is 21.2. The molecule has 0 saturated carbocycles. The maximum Gasteiger partial charge on any atom is 0.282 e. The summed E-state index contributed by atoms with van der Waals surface area (Å²) in [5.41, 5.74) is 3.29. The van der Waals surface area contributed by atoms with Crippen LogP contribution in [0.1, 0.15) is 18.1 Å². The van der Waals surface area contributed by atoms with Gasteiger partial charge in [0.05, 0.1) is 30.7 Å². The topological polar surface area (TPSA) is 67.9 Å². The minimum atomic E-state index is -0.420. The SMILES string of the molecule is CCOc1ccccc1NC1=C(c2ccc(OC)cc2)C(=O)N(c2ccc(C)cc2)C1=O. The lowest BCUT2D eigenvalue weighted by Crippen LogP contribution is -2.32. The van der Waals surface area contributed by atoms with E-state index in [2.05, 4.69) is 5.32 Å². The molecule has 3 aromatic carbocycles. The lowest BCUT2D eigenvalue weighted by molar-refractivity contribution is -0.120. The van der Waals surface area contributed by atoms with Crippen LogP contribution in [0, 0.1) is 6.92 Å². The van der Waals surface area contributed by atoms with Gasteiger partial charge in [0.2, 0.25) is 0 Å². The lowest BCUT2D eigenvalue weighted by atomic mass is 10.0. The third-order valence-electron chi connectivity index (χ3n) is 5.20. The van der Waals surface area contributed by atoms with E-state index in [4.69, 9.17) is 9.47 Å². The molecule has 32 heavy (non-hydrogen) atoms. The van der Waals surface area contributed by atoms with Crippen molar-refractivity contribution in [3.05, 3.63) is 89.6 Å². The number of ether oxygens (including phenoxy) is 2. The van der Waals surface area contributed by atoms with E-state index in [1.54, 1.807) is 43.5 Å². The minimum Gasteiger partial charge on any atom is -0.497 e. The zero-order chi connectivity index (χ0) is 22.7. The fraction of sp³-hybridized carbons (Fsp3) is 0.154. The van der Waals surface area contributed by atoms with Gasteiger partial charge in [-0.2, -0.15) is 0 Å². The van der Waals surface area contributed by atoms with Gasteiger partial charge in [-0.05, 0) is 55.8 Å². The molecule has 6 heteroatoms. The fourth-order valence-electron chi connectivity index (χ4n) is 3.59. The van der Waals surface area contributed by atoms with Gasteiger partial charge in [-0.1, -0.05) is 42.0 Å². The van der Waals surface area contributed by atoms with Crippen molar-refractivity contribution in [3.8, 4) is 11.5 Å². The van der Waals surface area contributed by atoms with E-state index in [1.807, 2.05) is 50.2 Å². The van der Waals surface area contributed by atoms with Crippen LogP contribution in [0.4, 0.5) is 11.4 Å². The Morgan fingerprint density at radius 3 is 2.22 bits per heavy atom. The first-order valence-corrected chi connectivity index (χ1v) is 10.4. The van der Waals surface area contributed by atoms with E-state index < -0.39 is 5.91 Å². The van der Waals surface area contributed by atoms with Gasteiger partial charge >= 0.3 is 0 Å². The van der Waals surface area contributed by atoms with Crippen molar-refractivity contribution in [1.29, 1.82) is 0 Å². The second-order valence-electron chi connectivity index (χ2n) is 7.31. The van der Waals surface area contributed by atoms with Crippen LogP contribution in [0.25, 0.3) is 5.57 Å². The minimum absolute atomic E-state index is 0.202. The Kier molecular flexibility index (Phi) is 5.94. The van der Waals surface area contributed by atoms with Gasteiger partial charge in [-0.15, -0.1) is 0 Å². The van der Waals surface area contributed by atoms with Crippen molar-refractivity contribution < 1.29 is 19.1 Å². The Hall–Kier alpha value is -4.06. The summed E-state index contributed by atoms with van der Waals surface area (Å²) in [5.74, 6) is 0.458. The number of nitrogens with zero attached hydrogens (tertiary/aromatic N) is 1. The number of nitrogens with one attached hydrogen (secondary N) is 1. The number of para-hydroxylation sites is 2. The number of amides is 2. The number of hydrogen-bond acceptors (Lipinski definition) is 5. The largest absolute Gasteiger partial charge is 0.497 e. The Balaban J connectivity index is 1.81. The van der Waals surface area contributed by atoms with Crippen LogP contribution in [0.5, 0.6) is 11.5 Å². The molecule has 0 aliphatic carbocycles. The number of hydrogen-bond donors (Lipinski definition) is 1. The van der Waals surface area contributed by atoms with Crippen LogP contribution in [-0.2, 0) is 9.59 Å². The molecule has 0 aromatic heterocycles. The van der Waals surface area contributed by atoms with Gasteiger partial charge in [0.15, 0.2) is 0 Å². The first-order valence-electron chi connectivity index (χ1n) is 10.4. The number of anilines is 2. The van der Waals surface area contributed by atoms with Gasteiger partial charge in [0.25, 0.3) is 11.8 Å². The summed E-state index contributed by atoms with van der Waals surface area (Å²) in [5, 5.41) is 3.17. The van der Waals surface area contributed by atoms with Crippen LogP contribution in [-0.4, -0.2) is 25.5 Å². The number of carbonyl (C=O) groups excluding carboxylic acids is 2. The molecule has 3 aromatic rings. The predicted octanol–water partition coefficient (Wildman–Crippen LogP) is 4.80. The molecule has 1 N–H and O–H groups in total. The van der Waals surface area contributed by atoms with E-state index in [9.17, 15) is 9.59 Å². The van der Waals surface area contributed by atoms with Crippen molar-refractivity contribution >= 4 is 28.8 Å². The quantitative estimate of drug-likeness (QED) is 0.548. The molecule has 6 nitrogen and oxygen atoms in total. The van der Waals surface area contributed by atoms with E-state index in [0.717, 1.165) is 5.56 Å². The molecule has 0 radical (unpaired) electrons. The second-order valence-corrected chi connectivity index (χ2v) is 7.31. The molecule has 1 heterocycles. The number of benzene rings is 3.